The van der Waals surface area contributed by atoms with Crippen molar-refractivity contribution >= 4 is 17.7 Å². The lowest BCUT2D eigenvalue weighted by Crippen LogP contribution is -2.37. The van der Waals surface area contributed by atoms with Gasteiger partial charge in [-0.1, -0.05) is 0 Å². The van der Waals surface area contributed by atoms with E-state index in [4.69, 9.17) is 13.9 Å². The van der Waals surface area contributed by atoms with Crippen LogP contribution in [0.3, 0.4) is 0 Å². The second-order valence-corrected chi connectivity index (χ2v) is 4.79. The third-order valence-electron chi connectivity index (χ3n) is 3.66. The van der Waals surface area contributed by atoms with Crippen LogP contribution in [0, 0.1) is 11.8 Å². The van der Waals surface area contributed by atoms with E-state index in [1.807, 2.05) is 0 Å². The molecule has 6 heteroatoms. The number of ether oxygens (including phenoxy) is 2. The molecule has 0 radical (unpaired) electrons. The van der Waals surface area contributed by atoms with Crippen LogP contribution in [-0.2, 0) is 31.9 Å². The monoisotopic (exact) mass is 280 g/mol. The van der Waals surface area contributed by atoms with Crippen molar-refractivity contribution < 1.29 is 28.3 Å². The second-order valence-electron chi connectivity index (χ2n) is 4.79. The zero-order valence-corrected chi connectivity index (χ0v) is 11.6. The molecule has 0 fully saturated rings. The molecule has 1 aliphatic rings. The number of hydrogen-bond donors (Lipinski definition) is 0. The molecular formula is C14H16O6. The van der Waals surface area contributed by atoms with Gasteiger partial charge in [0.1, 0.15) is 0 Å². The molecule has 0 bridgehead atoms. The Hall–Kier alpha value is -2.11. The first-order valence-corrected chi connectivity index (χ1v) is 6.25. The second kappa shape index (κ2) is 5.48. The summed E-state index contributed by atoms with van der Waals surface area (Å²) in [5.41, 5.74) is 1.46. The van der Waals surface area contributed by atoms with Crippen LogP contribution in [0.25, 0.3) is 0 Å². The van der Waals surface area contributed by atoms with Crippen LogP contribution in [0.4, 0.5) is 0 Å². The zero-order valence-electron chi connectivity index (χ0n) is 11.6. The van der Waals surface area contributed by atoms with Crippen LogP contribution in [0.15, 0.2) is 10.7 Å². The third-order valence-corrected chi connectivity index (χ3v) is 3.66. The number of ketones is 1. The molecule has 0 aliphatic heterocycles. The number of hydrogen-bond acceptors (Lipinski definition) is 6. The van der Waals surface area contributed by atoms with E-state index < -0.39 is 23.8 Å². The maximum atomic E-state index is 11.9. The smallest absolute Gasteiger partial charge is 0.309 e. The minimum absolute atomic E-state index is 0.202. The Morgan fingerprint density at radius 1 is 1.10 bits per heavy atom. The molecule has 108 valence electrons. The highest BCUT2D eigenvalue weighted by atomic mass is 16.5. The van der Waals surface area contributed by atoms with Crippen LogP contribution in [0.2, 0.25) is 0 Å². The highest BCUT2D eigenvalue weighted by molar-refractivity contribution is 5.94. The standard InChI is InChI=1S/C14H16O6/c1-7(15)12-9-5-11(14(17)19-3)10(13(16)18-2)4-8(9)6-20-12/h6,10-11H,4-5H2,1-3H3/t10-,11-/m0/s1. The lowest BCUT2D eigenvalue weighted by atomic mass is 9.76. The van der Waals surface area contributed by atoms with Crippen molar-refractivity contribution in [3.63, 3.8) is 0 Å². The molecule has 1 aromatic rings. The van der Waals surface area contributed by atoms with E-state index in [0.717, 1.165) is 5.56 Å². The van der Waals surface area contributed by atoms with Gasteiger partial charge in [0.05, 0.1) is 32.3 Å². The third kappa shape index (κ3) is 2.33. The lowest BCUT2D eigenvalue weighted by Gasteiger charge is -2.27. The first-order valence-electron chi connectivity index (χ1n) is 6.25. The van der Waals surface area contributed by atoms with Crippen LogP contribution < -0.4 is 0 Å². The number of rotatable bonds is 3. The number of furan rings is 1. The summed E-state index contributed by atoms with van der Waals surface area (Å²) in [5, 5.41) is 0. The fourth-order valence-electron chi connectivity index (χ4n) is 2.65. The number of carbonyl (C=O) groups is 3. The molecule has 1 aliphatic carbocycles. The predicted molar refractivity (Wildman–Crippen MR) is 67.1 cm³/mol. The molecule has 6 nitrogen and oxygen atoms in total. The van der Waals surface area contributed by atoms with Crippen molar-refractivity contribution in [3.8, 4) is 0 Å². The van der Waals surface area contributed by atoms with E-state index in [9.17, 15) is 14.4 Å². The van der Waals surface area contributed by atoms with Crippen molar-refractivity contribution in [2.75, 3.05) is 14.2 Å². The van der Waals surface area contributed by atoms with Crippen LogP contribution >= 0.6 is 0 Å². The summed E-state index contributed by atoms with van der Waals surface area (Å²) in [4.78, 5) is 35.2. The van der Waals surface area contributed by atoms with E-state index in [-0.39, 0.29) is 18.0 Å². The minimum atomic E-state index is -0.657. The van der Waals surface area contributed by atoms with Gasteiger partial charge in [-0.25, -0.2) is 0 Å². The van der Waals surface area contributed by atoms with Gasteiger partial charge in [-0.2, -0.15) is 0 Å². The number of Topliss-reactive ketones (excluding diaryl/α,β-unsaturated/α-hetero) is 1. The molecule has 20 heavy (non-hydrogen) atoms. The number of methoxy groups -OCH3 is 2. The van der Waals surface area contributed by atoms with E-state index in [1.165, 1.54) is 27.4 Å². The lowest BCUT2D eigenvalue weighted by molar-refractivity contribution is -0.158. The van der Waals surface area contributed by atoms with Crippen molar-refractivity contribution in [2.24, 2.45) is 11.8 Å². The molecule has 0 amide bonds. The van der Waals surface area contributed by atoms with Gasteiger partial charge in [-0.3, -0.25) is 14.4 Å². The van der Waals surface area contributed by atoms with Gasteiger partial charge in [-0.05, 0) is 18.4 Å². The highest BCUT2D eigenvalue weighted by Crippen LogP contribution is 2.35. The molecule has 0 N–H and O–H groups in total. The predicted octanol–water partition coefficient (Wildman–Crippen LogP) is 1.16. The zero-order chi connectivity index (χ0) is 14.9. The first-order chi connectivity index (χ1) is 9.49. The van der Waals surface area contributed by atoms with E-state index in [1.54, 1.807) is 0 Å². The van der Waals surface area contributed by atoms with Gasteiger partial charge in [-0.15, -0.1) is 0 Å². The van der Waals surface area contributed by atoms with Gasteiger partial charge >= 0.3 is 11.9 Å². The molecule has 0 aromatic carbocycles. The Morgan fingerprint density at radius 2 is 1.65 bits per heavy atom. The van der Waals surface area contributed by atoms with Crippen LogP contribution in [0.1, 0.15) is 28.6 Å². The van der Waals surface area contributed by atoms with Gasteiger partial charge in [0.2, 0.25) is 0 Å². The summed E-state index contributed by atoms with van der Waals surface area (Å²) in [7, 11) is 2.55. The summed E-state index contributed by atoms with van der Waals surface area (Å²) in [6.07, 6.45) is 2.02. The number of esters is 2. The summed E-state index contributed by atoms with van der Waals surface area (Å²) >= 11 is 0. The summed E-state index contributed by atoms with van der Waals surface area (Å²) in [6, 6.07) is 0. The molecular weight excluding hydrogens is 264 g/mol. The minimum Gasteiger partial charge on any atom is -0.469 e. The molecule has 2 rings (SSSR count). The largest absolute Gasteiger partial charge is 0.469 e. The van der Waals surface area contributed by atoms with E-state index in [2.05, 4.69) is 0 Å². The molecule has 1 aromatic heterocycles. The van der Waals surface area contributed by atoms with Gasteiger partial charge in [0, 0.05) is 12.5 Å². The van der Waals surface area contributed by atoms with Crippen molar-refractivity contribution in [1.29, 1.82) is 0 Å². The fraction of sp³-hybridized carbons (Fsp3) is 0.500. The average Bonchev–Trinajstić information content (AvgIpc) is 2.87. The Balaban J connectivity index is 2.40. The molecule has 0 saturated carbocycles. The van der Waals surface area contributed by atoms with Crippen molar-refractivity contribution in [1.82, 2.24) is 0 Å². The Morgan fingerprint density at radius 3 is 2.15 bits per heavy atom. The molecule has 1 heterocycles. The van der Waals surface area contributed by atoms with E-state index in [0.29, 0.717) is 12.0 Å². The summed E-state index contributed by atoms with van der Waals surface area (Å²) in [5.74, 6) is -2.17. The van der Waals surface area contributed by atoms with Crippen LogP contribution in [0.5, 0.6) is 0 Å². The molecule has 0 unspecified atom stereocenters. The summed E-state index contributed by atoms with van der Waals surface area (Å²) in [6.45, 7) is 1.40. The SMILES string of the molecule is COC(=O)[C@H]1Cc2coc(C(C)=O)c2C[C@@H]1C(=O)OC. The molecule has 2 atom stereocenters. The molecule has 0 spiro atoms. The van der Waals surface area contributed by atoms with Gasteiger partial charge < -0.3 is 13.9 Å². The number of fused-ring (bicyclic) bond motifs is 1. The number of carbonyl (C=O) groups excluding carboxylic acids is 3. The van der Waals surface area contributed by atoms with Crippen molar-refractivity contribution in [3.05, 3.63) is 23.2 Å². The van der Waals surface area contributed by atoms with Crippen molar-refractivity contribution in [2.45, 2.75) is 19.8 Å². The first kappa shape index (κ1) is 14.3. The highest BCUT2D eigenvalue weighted by Gasteiger charge is 2.41. The summed E-state index contributed by atoms with van der Waals surface area (Å²) < 4.78 is 14.7. The Labute approximate surface area is 116 Å². The van der Waals surface area contributed by atoms with Gasteiger partial charge in [0.25, 0.3) is 0 Å². The quantitative estimate of drug-likeness (QED) is 0.610. The maximum absolute atomic E-state index is 11.9. The van der Waals surface area contributed by atoms with E-state index >= 15 is 0 Å². The topological polar surface area (TPSA) is 82.8 Å². The fourth-order valence-corrected chi connectivity index (χ4v) is 2.65. The van der Waals surface area contributed by atoms with Gasteiger partial charge in [0.15, 0.2) is 11.5 Å². The Kier molecular flexibility index (Phi) is 3.92. The Bertz CT molecular complexity index is 556. The van der Waals surface area contributed by atoms with Crippen LogP contribution in [-0.4, -0.2) is 31.9 Å². The average molecular weight is 280 g/mol. The maximum Gasteiger partial charge on any atom is 0.309 e. The molecule has 0 saturated heterocycles. The normalized spacial score (nSPS) is 20.9.